The summed E-state index contributed by atoms with van der Waals surface area (Å²) >= 11 is 11.8. The third-order valence-electron chi connectivity index (χ3n) is 1.77. The Morgan fingerprint density at radius 2 is 2.08 bits per heavy atom. The van der Waals surface area contributed by atoms with Crippen LogP contribution in [0, 0.1) is 3.57 Å². The summed E-state index contributed by atoms with van der Waals surface area (Å²) in [6.07, 6.45) is 3.61. The highest BCUT2D eigenvalue weighted by Crippen LogP contribution is 2.32. The molecule has 1 aromatic carbocycles. The number of halogens is 3. The topological polar surface area (TPSA) is 12.9 Å². The second-order valence-electron chi connectivity index (χ2n) is 2.57. The van der Waals surface area contributed by atoms with Gasteiger partial charge in [0, 0.05) is 31.2 Å². The van der Waals surface area contributed by atoms with Gasteiger partial charge in [-0.1, -0.05) is 27.5 Å². The number of hydrogen-bond acceptors (Lipinski definition) is 1. The SMILES string of the molecule is Clc1ccc(Br)c2c(I)cncc12. The minimum atomic E-state index is 0.740. The summed E-state index contributed by atoms with van der Waals surface area (Å²) in [7, 11) is 0. The van der Waals surface area contributed by atoms with Crippen molar-refractivity contribution in [3.8, 4) is 0 Å². The zero-order chi connectivity index (χ0) is 9.42. The summed E-state index contributed by atoms with van der Waals surface area (Å²) in [4.78, 5) is 4.10. The van der Waals surface area contributed by atoms with Crippen LogP contribution in [0.3, 0.4) is 0 Å². The Bertz CT molecular complexity index is 464. The summed E-state index contributed by atoms with van der Waals surface area (Å²) in [6, 6.07) is 3.82. The lowest BCUT2D eigenvalue weighted by Gasteiger charge is -2.03. The lowest BCUT2D eigenvalue weighted by molar-refractivity contribution is 1.34. The molecule has 0 spiro atoms. The van der Waals surface area contributed by atoms with Crippen LogP contribution in [0.1, 0.15) is 0 Å². The van der Waals surface area contributed by atoms with Crippen LogP contribution in [0.2, 0.25) is 5.02 Å². The van der Waals surface area contributed by atoms with Crippen LogP contribution in [-0.2, 0) is 0 Å². The van der Waals surface area contributed by atoms with E-state index in [1.54, 1.807) is 6.20 Å². The van der Waals surface area contributed by atoms with E-state index in [4.69, 9.17) is 11.6 Å². The molecule has 0 aliphatic carbocycles. The molecule has 4 heteroatoms. The molecular weight excluding hydrogens is 364 g/mol. The van der Waals surface area contributed by atoms with Crippen molar-refractivity contribution in [1.29, 1.82) is 0 Å². The van der Waals surface area contributed by atoms with Gasteiger partial charge < -0.3 is 0 Å². The van der Waals surface area contributed by atoms with Crippen molar-refractivity contribution in [3.05, 3.63) is 37.6 Å². The van der Waals surface area contributed by atoms with E-state index in [0.717, 1.165) is 23.8 Å². The Labute approximate surface area is 103 Å². The Morgan fingerprint density at radius 1 is 1.31 bits per heavy atom. The highest BCUT2D eigenvalue weighted by molar-refractivity contribution is 14.1. The van der Waals surface area contributed by atoms with Gasteiger partial charge in [-0.2, -0.15) is 0 Å². The molecule has 66 valence electrons. The molecule has 0 atom stereocenters. The molecule has 0 fully saturated rings. The number of nitrogens with zero attached hydrogens (tertiary/aromatic N) is 1. The minimum Gasteiger partial charge on any atom is -0.263 e. The predicted octanol–water partition coefficient (Wildman–Crippen LogP) is 4.26. The first-order valence-corrected chi connectivity index (χ1v) is 5.82. The Kier molecular flexibility index (Phi) is 2.76. The van der Waals surface area contributed by atoms with E-state index in [9.17, 15) is 0 Å². The van der Waals surface area contributed by atoms with Crippen molar-refractivity contribution in [1.82, 2.24) is 4.98 Å². The first kappa shape index (κ1) is 9.68. The molecule has 2 rings (SSSR count). The summed E-state index contributed by atoms with van der Waals surface area (Å²) in [6.45, 7) is 0. The van der Waals surface area contributed by atoms with Crippen LogP contribution in [0.4, 0.5) is 0 Å². The second kappa shape index (κ2) is 3.71. The van der Waals surface area contributed by atoms with Crippen LogP contribution in [-0.4, -0.2) is 4.98 Å². The van der Waals surface area contributed by atoms with E-state index in [1.807, 2.05) is 18.3 Å². The van der Waals surface area contributed by atoms with Gasteiger partial charge in [-0.3, -0.25) is 4.98 Å². The molecule has 0 amide bonds. The van der Waals surface area contributed by atoms with Gasteiger partial charge in [-0.05, 0) is 34.7 Å². The molecule has 0 saturated heterocycles. The number of fused-ring (bicyclic) bond motifs is 1. The molecule has 0 unspecified atom stereocenters. The smallest absolute Gasteiger partial charge is 0.0501 e. The number of pyridine rings is 1. The maximum atomic E-state index is 6.04. The highest BCUT2D eigenvalue weighted by Gasteiger charge is 2.05. The molecule has 0 aliphatic heterocycles. The molecule has 0 aliphatic rings. The lowest BCUT2D eigenvalue weighted by Crippen LogP contribution is -1.83. The molecule has 1 aromatic heterocycles. The van der Waals surface area contributed by atoms with Gasteiger partial charge in [0.2, 0.25) is 0 Å². The first-order chi connectivity index (χ1) is 6.20. The second-order valence-corrected chi connectivity index (χ2v) is 5.00. The fourth-order valence-corrected chi connectivity index (χ4v) is 3.06. The van der Waals surface area contributed by atoms with Crippen molar-refractivity contribution in [2.75, 3.05) is 0 Å². The molecule has 1 heterocycles. The number of rotatable bonds is 0. The molecule has 13 heavy (non-hydrogen) atoms. The molecule has 0 N–H and O–H groups in total. The number of aromatic nitrogens is 1. The van der Waals surface area contributed by atoms with E-state index in [0.29, 0.717) is 0 Å². The zero-order valence-corrected chi connectivity index (χ0v) is 10.9. The van der Waals surface area contributed by atoms with Gasteiger partial charge in [0.25, 0.3) is 0 Å². The Balaban J connectivity index is 3.00. The molecule has 0 radical (unpaired) electrons. The van der Waals surface area contributed by atoms with Crippen molar-refractivity contribution in [2.24, 2.45) is 0 Å². The molecule has 2 aromatic rings. The third kappa shape index (κ3) is 1.69. The van der Waals surface area contributed by atoms with E-state index < -0.39 is 0 Å². The quantitative estimate of drug-likeness (QED) is 0.634. The van der Waals surface area contributed by atoms with Gasteiger partial charge >= 0.3 is 0 Å². The largest absolute Gasteiger partial charge is 0.263 e. The standard InChI is InChI=1S/C9H4BrClIN/c10-6-1-2-7(11)5-3-13-4-8(12)9(5)6/h1-4H. The number of benzene rings is 1. The summed E-state index contributed by atoms with van der Waals surface area (Å²) in [5.74, 6) is 0. The third-order valence-corrected chi connectivity index (χ3v) is 3.58. The van der Waals surface area contributed by atoms with E-state index in [2.05, 4.69) is 43.5 Å². The molecular formula is C9H4BrClIN. The molecule has 1 nitrogen and oxygen atoms in total. The summed E-state index contributed by atoms with van der Waals surface area (Å²) < 4.78 is 2.16. The van der Waals surface area contributed by atoms with Crippen molar-refractivity contribution >= 4 is 60.9 Å². The van der Waals surface area contributed by atoms with E-state index >= 15 is 0 Å². The van der Waals surface area contributed by atoms with Gasteiger partial charge in [-0.15, -0.1) is 0 Å². The highest BCUT2D eigenvalue weighted by atomic mass is 127. The van der Waals surface area contributed by atoms with Crippen LogP contribution >= 0.6 is 50.1 Å². The van der Waals surface area contributed by atoms with Gasteiger partial charge in [0.15, 0.2) is 0 Å². The Hall–Kier alpha value is 0.130. The average Bonchev–Trinajstić information content (AvgIpc) is 2.12. The zero-order valence-electron chi connectivity index (χ0n) is 6.39. The maximum absolute atomic E-state index is 6.04. The normalized spacial score (nSPS) is 10.7. The van der Waals surface area contributed by atoms with Crippen LogP contribution in [0.15, 0.2) is 29.0 Å². The predicted molar refractivity (Wildman–Crippen MR) is 67.2 cm³/mol. The van der Waals surface area contributed by atoms with Gasteiger partial charge in [0.1, 0.15) is 0 Å². The van der Waals surface area contributed by atoms with Crippen LogP contribution in [0.25, 0.3) is 10.8 Å². The van der Waals surface area contributed by atoms with Gasteiger partial charge in [-0.25, -0.2) is 0 Å². The average molecular weight is 368 g/mol. The molecule has 0 saturated carbocycles. The summed E-state index contributed by atoms with van der Waals surface area (Å²) in [5.41, 5.74) is 0. The van der Waals surface area contributed by atoms with E-state index in [-0.39, 0.29) is 0 Å². The first-order valence-electron chi connectivity index (χ1n) is 3.57. The minimum absolute atomic E-state index is 0.740. The maximum Gasteiger partial charge on any atom is 0.0501 e. The van der Waals surface area contributed by atoms with Crippen molar-refractivity contribution in [3.63, 3.8) is 0 Å². The summed E-state index contributed by atoms with van der Waals surface area (Å²) in [5, 5.41) is 2.86. The monoisotopic (exact) mass is 367 g/mol. The van der Waals surface area contributed by atoms with Crippen LogP contribution in [0.5, 0.6) is 0 Å². The fourth-order valence-electron chi connectivity index (χ4n) is 1.18. The Morgan fingerprint density at radius 3 is 2.77 bits per heavy atom. The fraction of sp³-hybridized carbons (Fsp3) is 0. The van der Waals surface area contributed by atoms with Crippen molar-refractivity contribution in [2.45, 2.75) is 0 Å². The lowest BCUT2D eigenvalue weighted by atomic mass is 10.2. The van der Waals surface area contributed by atoms with Crippen molar-refractivity contribution < 1.29 is 0 Å². The van der Waals surface area contributed by atoms with Gasteiger partial charge in [0.05, 0.1) is 5.02 Å². The van der Waals surface area contributed by atoms with Crippen LogP contribution < -0.4 is 0 Å². The van der Waals surface area contributed by atoms with E-state index in [1.165, 1.54) is 0 Å². The number of hydrogen-bond donors (Lipinski definition) is 0. The molecule has 0 bridgehead atoms.